The van der Waals surface area contributed by atoms with Gasteiger partial charge in [-0.3, -0.25) is 9.59 Å². The van der Waals surface area contributed by atoms with Crippen molar-refractivity contribution in [3.63, 3.8) is 0 Å². The molecule has 7 heteroatoms. The first-order valence-electron chi connectivity index (χ1n) is 9.65. The highest BCUT2D eigenvalue weighted by Gasteiger charge is 2.25. The zero-order valence-electron chi connectivity index (χ0n) is 16.2. The summed E-state index contributed by atoms with van der Waals surface area (Å²) in [4.78, 5) is 28.7. The highest BCUT2D eigenvalue weighted by Crippen LogP contribution is 2.21. The Labute approximate surface area is 178 Å². The van der Waals surface area contributed by atoms with E-state index in [4.69, 9.17) is 16.3 Å². The summed E-state index contributed by atoms with van der Waals surface area (Å²) in [5.74, 6) is -0.430. The molecule has 0 spiro atoms. The van der Waals surface area contributed by atoms with Crippen molar-refractivity contribution in [3.05, 3.63) is 77.1 Å². The molecule has 0 aromatic heterocycles. The summed E-state index contributed by atoms with van der Waals surface area (Å²) in [6, 6.07) is 17.5. The van der Waals surface area contributed by atoms with Crippen LogP contribution in [0, 0.1) is 5.82 Å². The predicted octanol–water partition coefficient (Wildman–Crippen LogP) is 4.00. The number of amides is 2. The molecule has 4 rings (SSSR count). The molecular formula is C23H20ClFN2O3. The fraction of sp³-hybridized carbons (Fsp3) is 0.217. The highest BCUT2D eigenvalue weighted by molar-refractivity contribution is 6.30. The SMILES string of the molecule is O=C(COc1ccc(F)c(Cl)c1)N1CCN(C(=O)c2ccc3ccccc3c2)CC1. The summed E-state index contributed by atoms with van der Waals surface area (Å²) in [7, 11) is 0. The van der Waals surface area contributed by atoms with E-state index in [1.807, 2.05) is 42.5 Å². The van der Waals surface area contributed by atoms with Crippen LogP contribution in [0.4, 0.5) is 4.39 Å². The Morgan fingerprint density at radius 2 is 1.60 bits per heavy atom. The zero-order chi connectivity index (χ0) is 21.1. The Balaban J connectivity index is 1.31. The maximum absolute atomic E-state index is 13.2. The van der Waals surface area contributed by atoms with Crippen LogP contribution in [-0.2, 0) is 4.79 Å². The summed E-state index contributed by atoms with van der Waals surface area (Å²) in [6.07, 6.45) is 0. The van der Waals surface area contributed by atoms with Crippen molar-refractivity contribution in [3.8, 4) is 5.75 Å². The van der Waals surface area contributed by atoms with Crippen LogP contribution in [0.1, 0.15) is 10.4 Å². The smallest absolute Gasteiger partial charge is 0.260 e. The second-order valence-electron chi connectivity index (χ2n) is 7.10. The fourth-order valence-corrected chi connectivity index (χ4v) is 3.64. The molecule has 3 aromatic carbocycles. The van der Waals surface area contributed by atoms with E-state index in [-0.39, 0.29) is 23.4 Å². The molecule has 30 heavy (non-hydrogen) atoms. The largest absolute Gasteiger partial charge is 0.484 e. The van der Waals surface area contributed by atoms with Crippen LogP contribution in [0.25, 0.3) is 10.8 Å². The molecule has 0 unspecified atom stereocenters. The van der Waals surface area contributed by atoms with E-state index in [1.165, 1.54) is 18.2 Å². The van der Waals surface area contributed by atoms with E-state index in [2.05, 4.69) is 0 Å². The molecule has 154 valence electrons. The van der Waals surface area contributed by atoms with Gasteiger partial charge >= 0.3 is 0 Å². The molecular weight excluding hydrogens is 407 g/mol. The lowest BCUT2D eigenvalue weighted by atomic mass is 10.1. The van der Waals surface area contributed by atoms with Crippen molar-refractivity contribution in [1.29, 1.82) is 0 Å². The van der Waals surface area contributed by atoms with Crippen LogP contribution in [0.2, 0.25) is 5.02 Å². The van der Waals surface area contributed by atoms with Gasteiger partial charge < -0.3 is 14.5 Å². The molecule has 0 saturated carbocycles. The Morgan fingerprint density at radius 3 is 2.33 bits per heavy atom. The lowest BCUT2D eigenvalue weighted by Crippen LogP contribution is -2.51. The van der Waals surface area contributed by atoms with E-state index < -0.39 is 5.82 Å². The van der Waals surface area contributed by atoms with Crippen LogP contribution in [0.15, 0.2) is 60.7 Å². The molecule has 1 fully saturated rings. The average Bonchev–Trinajstić information content (AvgIpc) is 2.79. The van der Waals surface area contributed by atoms with Crippen molar-refractivity contribution < 1.29 is 18.7 Å². The molecule has 1 heterocycles. The lowest BCUT2D eigenvalue weighted by molar-refractivity contribution is -0.134. The van der Waals surface area contributed by atoms with Gasteiger partial charge in [-0.15, -0.1) is 0 Å². The molecule has 1 saturated heterocycles. The molecule has 0 radical (unpaired) electrons. The van der Waals surface area contributed by atoms with Gasteiger partial charge in [-0.1, -0.05) is 41.9 Å². The number of fused-ring (bicyclic) bond motifs is 1. The number of benzene rings is 3. The van der Waals surface area contributed by atoms with Crippen LogP contribution < -0.4 is 4.74 Å². The third kappa shape index (κ3) is 4.39. The predicted molar refractivity (Wildman–Crippen MR) is 113 cm³/mol. The first-order chi connectivity index (χ1) is 14.5. The third-order valence-corrected chi connectivity index (χ3v) is 5.46. The van der Waals surface area contributed by atoms with Gasteiger partial charge in [0.15, 0.2) is 6.61 Å². The van der Waals surface area contributed by atoms with E-state index in [0.29, 0.717) is 37.5 Å². The number of carbonyl (C=O) groups excluding carboxylic acids is 2. The number of hydrogen-bond donors (Lipinski definition) is 0. The first-order valence-corrected chi connectivity index (χ1v) is 10.0. The number of rotatable bonds is 4. The molecule has 1 aliphatic heterocycles. The standard InChI is InChI=1S/C23H20ClFN2O3/c24-20-14-19(7-8-21(20)25)30-15-22(28)26-9-11-27(12-10-26)23(29)18-6-5-16-3-1-2-4-17(16)13-18/h1-8,13-14H,9-12,15H2. The maximum atomic E-state index is 13.2. The van der Waals surface area contributed by atoms with Crippen molar-refractivity contribution in [2.45, 2.75) is 0 Å². The molecule has 2 amide bonds. The number of ether oxygens (including phenoxy) is 1. The van der Waals surface area contributed by atoms with Gasteiger partial charge in [0.2, 0.25) is 0 Å². The number of nitrogens with zero attached hydrogens (tertiary/aromatic N) is 2. The normalized spacial score (nSPS) is 14.1. The Kier molecular flexibility index (Phi) is 5.86. The fourth-order valence-electron chi connectivity index (χ4n) is 3.47. The topological polar surface area (TPSA) is 49.9 Å². The molecule has 0 bridgehead atoms. The second kappa shape index (κ2) is 8.71. The summed E-state index contributed by atoms with van der Waals surface area (Å²) >= 11 is 5.72. The van der Waals surface area contributed by atoms with Crippen LogP contribution in [0.3, 0.4) is 0 Å². The van der Waals surface area contributed by atoms with Crippen molar-refractivity contribution >= 4 is 34.2 Å². The number of carbonyl (C=O) groups is 2. The number of hydrogen-bond acceptors (Lipinski definition) is 3. The monoisotopic (exact) mass is 426 g/mol. The highest BCUT2D eigenvalue weighted by atomic mass is 35.5. The quantitative estimate of drug-likeness (QED) is 0.633. The van der Waals surface area contributed by atoms with Crippen LogP contribution in [-0.4, -0.2) is 54.4 Å². The van der Waals surface area contributed by atoms with Crippen LogP contribution in [0.5, 0.6) is 5.75 Å². The first kappa shape index (κ1) is 20.2. The van der Waals surface area contributed by atoms with Gasteiger partial charge in [-0.25, -0.2) is 4.39 Å². The summed E-state index contributed by atoms with van der Waals surface area (Å²) < 4.78 is 18.6. The zero-order valence-corrected chi connectivity index (χ0v) is 16.9. The van der Waals surface area contributed by atoms with E-state index in [0.717, 1.165) is 10.8 Å². The van der Waals surface area contributed by atoms with Gasteiger partial charge in [-0.05, 0) is 35.0 Å². The van der Waals surface area contributed by atoms with Gasteiger partial charge in [0.25, 0.3) is 11.8 Å². The van der Waals surface area contributed by atoms with Gasteiger partial charge in [0.1, 0.15) is 11.6 Å². The van der Waals surface area contributed by atoms with Crippen LogP contribution >= 0.6 is 11.6 Å². The maximum Gasteiger partial charge on any atom is 0.260 e. The van der Waals surface area contributed by atoms with Gasteiger partial charge in [0.05, 0.1) is 5.02 Å². The van der Waals surface area contributed by atoms with E-state index in [1.54, 1.807) is 9.80 Å². The van der Waals surface area contributed by atoms with Crippen molar-refractivity contribution in [1.82, 2.24) is 9.80 Å². The average molecular weight is 427 g/mol. The summed E-state index contributed by atoms with van der Waals surface area (Å²) in [5, 5.41) is 2.06. The molecule has 0 atom stereocenters. The lowest BCUT2D eigenvalue weighted by Gasteiger charge is -2.34. The van der Waals surface area contributed by atoms with E-state index >= 15 is 0 Å². The minimum absolute atomic E-state index is 0.0370. The molecule has 5 nitrogen and oxygen atoms in total. The minimum Gasteiger partial charge on any atom is -0.484 e. The van der Waals surface area contributed by atoms with E-state index in [9.17, 15) is 14.0 Å². The molecule has 3 aromatic rings. The minimum atomic E-state index is -0.539. The Bertz CT molecular complexity index is 1100. The molecule has 0 N–H and O–H groups in total. The summed E-state index contributed by atoms with van der Waals surface area (Å²) in [5.41, 5.74) is 0.644. The third-order valence-electron chi connectivity index (χ3n) is 5.17. The molecule has 1 aliphatic rings. The van der Waals surface area contributed by atoms with Gasteiger partial charge in [-0.2, -0.15) is 0 Å². The summed E-state index contributed by atoms with van der Waals surface area (Å²) in [6.45, 7) is 1.62. The Hall–Kier alpha value is -3.12. The number of halogens is 2. The second-order valence-corrected chi connectivity index (χ2v) is 7.51. The van der Waals surface area contributed by atoms with Gasteiger partial charge in [0, 0.05) is 37.8 Å². The molecule has 0 aliphatic carbocycles. The number of piperazine rings is 1. The Morgan fingerprint density at radius 1 is 0.900 bits per heavy atom. The van der Waals surface area contributed by atoms with Crippen molar-refractivity contribution in [2.24, 2.45) is 0 Å². The van der Waals surface area contributed by atoms with Crippen molar-refractivity contribution in [2.75, 3.05) is 32.8 Å².